The first-order chi connectivity index (χ1) is 10.0. The van der Waals surface area contributed by atoms with Crippen LogP contribution in [0.2, 0.25) is 0 Å². The number of carbonyl (C=O) groups is 2. The summed E-state index contributed by atoms with van der Waals surface area (Å²) in [6.45, 7) is 4.78. The minimum Gasteiger partial charge on any atom is -0.490 e. The van der Waals surface area contributed by atoms with Crippen LogP contribution in [0.1, 0.15) is 19.4 Å². The molecular formula is C14H15BrN2O4. The summed E-state index contributed by atoms with van der Waals surface area (Å²) in [7, 11) is 0. The van der Waals surface area contributed by atoms with Gasteiger partial charge in [0.25, 0.3) is 5.91 Å². The first kappa shape index (κ1) is 15.4. The standard InChI is InChI=1S/C14H15BrN2O4/c1-3-20-11-6-8(9(15)7-12(11)21-4-2)5-10-13(18)17-14(19)16-10/h5-7H,3-4H2,1-2H3,(H2,16,17,18,19)/b10-5-. The summed E-state index contributed by atoms with van der Waals surface area (Å²) in [6, 6.07) is 3.00. The number of hydrogen-bond donors (Lipinski definition) is 2. The van der Waals surface area contributed by atoms with Crippen LogP contribution < -0.4 is 20.1 Å². The molecule has 0 aliphatic carbocycles. The van der Waals surface area contributed by atoms with E-state index < -0.39 is 11.9 Å². The number of rotatable bonds is 5. The molecule has 1 aromatic rings. The summed E-state index contributed by atoms with van der Waals surface area (Å²) >= 11 is 3.42. The maximum atomic E-state index is 11.5. The third-order valence-electron chi connectivity index (χ3n) is 2.68. The molecule has 0 aromatic heterocycles. The van der Waals surface area contributed by atoms with Crippen molar-refractivity contribution in [2.75, 3.05) is 13.2 Å². The molecule has 0 radical (unpaired) electrons. The van der Waals surface area contributed by atoms with Crippen molar-refractivity contribution < 1.29 is 19.1 Å². The highest BCUT2D eigenvalue weighted by molar-refractivity contribution is 9.10. The zero-order valence-corrected chi connectivity index (χ0v) is 13.2. The Bertz CT molecular complexity index is 613. The fraction of sp³-hybridized carbons (Fsp3) is 0.286. The maximum Gasteiger partial charge on any atom is 0.326 e. The van der Waals surface area contributed by atoms with Gasteiger partial charge in [-0.2, -0.15) is 0 Å². The van der Waals surface area contributed by atoms with Gasteiger partial charge in [0.2, 0.25) is 0 Å². The van der Waals surface area contributed by atoms with Crippen LogP contribution >= 0.6 is 15.9 Å². The van der Waals surface area contributed by atoms with Crippen molar-refractivity contribution in [3.63, 3.8) is 0 Å². The zero-order chi connectivity index (χ0) is 15.4. The van der Waals surface area contributed by atoms with Crippen LogP contribution in [0.3, 0.4) is 0 Å². The van der Waals surface area contributed by atoms with E-state index >= 15 is 0 Å². The second kappa shape index (κ2) is 6.62. The Labute approximate surface area is 130 Å². The van der Waals surface area contributed by atoms with Gasteiger partial charge in [-0.15, -0.1) is 0 Å². The predicted octanol–water partition coefficient (Wildman–Crippen LogP) is 2.43. The average Bonchev–Trinajstić information content (AvgIpc) is 2.73. The lowest BCUT2D eigenvalue weighted by Gasteiger charge is -2.13. The highest BCUT2D eigenvalue weighted by Crippen LogP contribution is 2.35. The molecule has 0 bridgehead atoms. The molecule has 1 heterocycles. The number of imide groups is 1. The van der Waals surface area contributed by atoms with Crippen LogP contribution in [0.15, 0.2) is 22.3 Å². The van der Waals surface area contributed by atoms with E-state index in [9.17, 15) is 9.59 Å². The first-order valence-corrected chi connectivity index (χ1v) is 7.27. The smallest absolute Gasteiger partial charge is 0.326 e. The number of benzene rings is 1. The quantitative estimate of drug-likeness (QED) is 0.628. The Balaban J connectivity index is 2.40. The molecule has 21 heavy (non-hydrogen) atoms. The third kappa shape index (κ3) is 3.55. The average molecular weight is 355 g/mol. The number of halogens is 1. The van der Waals surface area contributed by atoms with Crippen LogP contribution in [0.5, 0.6) is 11.5 Å². The van der Waals surface area contributed by atoms with Crippen LogP contribution in [-0.2, 0) is 4.79 Å². The molecule has 0 atom stereocenters. The topological polar surface area (TPSA) is 76.7 Å². The zero-order valence-electron chi connectivity index (χ0n) is 11.7. The Hall–Kier alpha value is -2.02. The number of nitrogens with one attached hydrogen (secondary N) is 2. The van der Waals surface area contributed by atoms with Crippen molar-refractivity contribution in [1.29, 1.82) is 0 Å². The second-order valence-electron chi connectivity index (χ2n) is 4.15. The van der Waals surface area contributed by atoms with Crippen molar-refractivity contribution in [3.8, 4) is 11.5 Å². The molecule has 1 saturated heterocycles. The molecule has 6 nitrogen and oxygen atoms in total. The molecule has 2 N–H and O–H groups in total. The fourth-order valence-electron chi connectivity index (χ4n) is 1.84. The van der Waals surface area contributed by atoms with Crippen LogP contribution in [0.4, 0.5) is 4.79 Å². The van der Waals surface area contributed by atoms with E-state index in [4.69, 9.17) is 9.47 Å². The Morgan fingerprint density at radius 3 is 2.24 bits per heavy atom. The van der Waals surface area contributed by atoms with Gasteiger partial charge in [0.1, 0.15) is 5.70 Å². The van der Waals surface area contributed by atoms with Gasteiger partial charge in [0, 0.05) is 4.47 Å². The molecule has 2 rings (SSSR count). The molecule has 1 aliphatic rings. The number of hydrogen-bond acceptors (Lipinski definition) is 4. The monoisotopic (exact) mass is 354 g/mol. The van der Waals surface area contributed by atoms with Gasteiger partial charge in [-0.1, -0.05) is 15.9 Å². The molecule has 1 fully saturated rings. The molecule has 7 heteroatoms. The first-order valence-electron chi connectivity index (χ1n) is 6.48. The van der Waals surface area contributed by atoms with Crippen LogP contribution in [0.25, 0.3) is 6.08 Å². The van der Waals surface area contributed by atoms with Crippen LogP contribution in [-0.4, -0.2) is 25.2 Å². The Morgan fingerprint density at radius 1 is 1.10 bits per heavy atom. The van der Waals surface area contributed by atoms with Crippen molar-refractivity contribution in [3.05, 3.63) is 27.9 Å². The van der Waals surface area contributed by atoms with E-state index in [-0.39, 0.29) is 5.70 Å². The lowest BCUT2D eigenvalue weighted by molar-refractivity contribution is -0.115. The van der Waals surface area contributed by atoms with Crippen molar-refractivity contribution in [1.82, 2.24) is 10.6 Å². The lowest BCUT2D eigenvalue weighted by atomic mass is 10.1. The van der Waals surface area contributed by atoms with Gasteiger partial charge in [-0.25, -0.2) is 4.79 Å². The largest absolute Gasteiger partial charge is 0.490 e. The van der Waals surface area contributed by atoms with Gasteiger partial charge < -0.3 is 14.8 Å². The number of amides is 3. The fourth-order valence-corrected chi connectivity index (χ4v) is 2.27. The van der Waals surface area contributed by atoms with Crippen molar-refractivity contribution >= 4 is 33.9 Å². The third-order valence-corrected chi connectivity index (χ3v) is 3.37. The number of ether oxygens (including phenoxy) is 2. The van der Waals surface area contributed by atoms with Gasteiger partial charge in [0.05, 0.1) is 13.2 Å². The van der Waals surface area contributed by atoms with E-state index in [0.717, 1.165) is 4.47 Å². The minimum atomic E-state index is -0.529. The van der Waals surface area contributed by atoms with E-state index in [1.807, 2.05) is 13.8 Å². The highest BCUT2D eigenvalue weighted by Gasteiger charge is 2.23. The summed E-state index contributed by atoms with van der Waals surface area (Å²) < 4.78 is 11.8. The van der Waals surface area contributed by atoms with E-state index in [2.05, 4.69) is 26.6 Å². The number of urea groups is 1. The second-order valence-corrected chi connectivity index (χ2v) is 5.01. The summed E-state index contributed by atoms with van der Waals surface area (Å²) in [5, 5.41) is 4.59. The Morgan fingerprint density at radius 2 is 1.71 bits per heavy atom. The summed E-state index contributed by atoms with van der Waals surface area (Å²) in [6.07, 6.45) is 1.57. The summed E-state index contributed by atoms with van der Waals surface area (Å²) in [5.41, 5.74) is 0.890. The number of carbonyl (C=O) groups excluding carboxylic acids is 2. The van der Waals surface area contributed by atoms with Gasteiger partial charge in [-0.3, -0.25) is 10.1 Å². The van der Waals surface area contributed by atoms with Gasteiger partial charge in [0.15, 0.2) is 11.5 Å². The highest BCUT2D eigenvalue weighted by atomic mass is 79.9. The van der Waals surface area contributed by atoms with Crippen molar-refractivity contribution in [2.45, 2.75) is 13.8 Å². The molecule has 1 aromatic carbocycles. The Kier molecular flexibility index (Phi) is 4.85. The summed E-state index contributed by atoms with van der Waals surface area (Å²) in [4.78, 5) is 22.7. The van der Waals surface area contributed by atoms with Crippen molar-refractivity contribution in [2.24, 2.45) is 0 Å². The van der Waals surface area contributed by atoms with Gasteiger partial charge in [-0.05, 0) is 37.6 Å². The van der Waals surface area contributed by atoms with E-state index in [0.29, 0.717) is 30.3 Å². The molecule has 3 amide bonds. The summed E-state index contributed by atoms with van der Waals surface area (Å²) in [5.74, 6) is 0.742. The molecule has 0 spiro atoms. The minimum absolute atomic E-state index is 0.187. The predicted molar refractivity (Wildman–Crippen MR) is 81.1 cm³/mol. The normalized spacial score (nSPS) is 15.9. The van der Waals surface area contributed by atoms with Crippen LogP contribution in [0, 0.1) is 0 Å². The van der Waals surface area contributed by atoms with E-state index in [1.54, 1.807) is 18.2 Å². The molecule has 1 aliphatic heterocycles. The lowest BCUT2D eigenvalue weighted by Crippen LogP contribution is -2.22. The maximum absolute atomic E-state index is 11.5. The van der Waals surface area contributed by atoms with Gasteiger partial charge >= 0.3 is 6.03 Å². The van der Waals surface area contributed by atoms with E-state index in [1.165, 1.54) is 0 Å². The molecule has 112 valence electrons. The molecule has 0 unspecified atom stereocenters. The molecule has 0 saturated carbocycles. The SMILES string of the molecule is CCOc1cc(Br)c(/C=C2\NC(=O)NC2=O)cc1OCC. The molecular weight excluding hydrogens is 340 g/mol.